The number of ether oxygens (including phenoxy) is 1. The van der Waals surface area contributed by atoms with Crippen LogP contribution in [0.1, 0.15) is 96.8 Å². The third kappa shape index (κ3) is 18.4. The fraction of sp³-hybridized carbons (Fsp3) is 0.857. The van der Waals surface area contributed by atoms with Gasteiger partial charge in [0.15, 0.2) is 0 Å². The van der Waals surface area contributed by atoms with E-state index < -0.39 is 0 Å². The fourth-order valence-electron chi connectivity index (χ4n) is 2.69. The average molecular weight is 393 g/mol. The van der Waals surface area contributed by atoms with Gasteiger partial charge in [-0.05, 0) is 32.1 Å². The van der Waals surface area contributed by atoms with Gasteiger partial charge in [-0.25, -0.2) is 0 Å². The monoisotopic (exact) mass is 392 g/mol. The molecule has 4 heteroatoms. The quantitative estimate of drug-likeness (QED) is 0.105. The molecule has 0 fully saturated rings. The highest BCUT2D eigenvalue weighted by atomic mass is 35.5. The maximum Gasteiger partial charge on any atom is 0.306 e. The number of halogens is 2. The van der Waals surface area contributed by atoms with Crippen molar-refractivity contribution < 1.29 is 9.53 Å². The van der Waals surface area contributed by atoms with Crippen LogP contribution >= 0.6 is 23.2 Å². The molecule has 0 N–H and O–H groups in total. The largest absolute Gasteiger partial charge is 0.460 e. The summed E-state index contributed by atoms with van der Waals surface area (Å²) in [6.07, 6.45) is 21.1. The maximum absolute atomic E-state index is 11.6. The Morgan fingerprint density at radius 3 is 1.80 bits per heavy atom. The van der Waals surface area contributed by atoms with Crippen molar-refractivity contribution in [1.82, 2.24) is 0 Å². The highest BCUT2D eigenvalue weighted by molar-refractivity contribution is 6.21. The first-order valence-corrected chi connectivity index (χ1v) is 11.3. The first-order chi connectivity index (χ1) is 12.2. The van der Waals surface area contributed by atoms with Gasteiger partial charge < -0.3 is 4.74 Å². The van der Waals surface area contributed by atoms with Gasteiger partial charge in [-0.15, -0.1) is 23.2 Å². The molecule has 0 spiro atoms. The number of hydrogen-bond acceptors (Lipinski definition) is 2. The number of esters is 1. The van der Waals surface area contributed by atoms with Crippen molar-refractivity contribution in [2.45, 2.75) is 103 Å². The van der Waals surface area contributed by atoms with Crippen molar-refractivity contribution in [1.29, 1.82) is 0 Å². The van der Waals surface area contributed by atoms with Gasteiger partial charge in [0.25, 0.3) is 0 Å². The predicted octanol–water partition coefficient (Wildman–Crippen LogP) is 7.41. The van der Waals surface area contributed by atoms with Crippen molar-refractivity contribution in [3.8, 4) is 0 Å². The Balaban J connectivity index is 3.28. The van der Waals surface area contributed by atoms with Gasteiger partial charge in [-0.1, -0.05) is 70.4 Å². The molecule has 0 aromatic rings. The summed E-state index contributed by atoms with van der Waals surface area (Å²) in [4.78, 5) is 11.6. The lowest BCUT2D eigenvalue weighted by atomic mass is 10.1. The number of alkyl halides is 2. The number of rotatable bonds is 18. The van der Waals surface area contributed by atoms with Gasteiger partial charge >= 0.3 is 5.97 Å². The van der Waals surface area contributed by atoms with Crippen LogP contribution in [0.2, 0.25) is 0 Å². The number of unbranched alkanes of at least 4 members (excludes halogenated alkanes) is 11. The minimum Gasteiger partial charge on any atom is -0.460 e. The molecule has 148 valence electrons. The summed E-state index contributed by atoms with van der Waals surface area (Å²) in [5.74, 6) is 0.354. The van der Waals surface area contributed by atoms with E-state index in [0.717, 1.165) is 12.8 Å². The zero-order chi connectivity index (χ0) is 18.6. The molecule has 0 aliphatic rings. The molecule has 0 heterocycles. The van der Waals surface area contributed by atoms with Crippen LogP contribution in [-0.2, 0) is 9.53 Å². The molecule has 0 bridgehead atoms. The molecule has 0 atom stereocenters. The van der Waals surface area contributed by atoms with Crippen LogP contribution in [0.4, 0.5) is 0 Å². The maximum atomic E-state index is 11.6. The van der Waals surface area contributed by atoms with E-state index in [2.05, 4.69) is 19.1 Å². The van der Waals surface area contributed by atoms with Gasteiger partial charge in [0.2, 0.25) is 0 Å². The molecule has 0 aromatic carbocycles. The van der Waals surface area contributed by atoms with Crippen molar-refractivity contribution in [3.63, 3.8) is 0 Å². The SMILES string of the molecule is CCCCCCCC/C=C/CCCCCCCC(=O)OC(CCl)CCl. The van der Waals surface area contributed by atoms with Gasteiger partial charge in [-0.2, -0.15) is 0 Å². The minimum atomic E-state index is -0.348. The van der Waals surface area contributed by atoms with Crippen molar-refractivity contribution in [2.75, 3.05) is 11.8 Å². The standard InChI is InChI=1S/C21H38Cl2O2/c1-2-3-4-5-6-7-8-9-10-11-12-13-14-15-16-17-21(24)25-20(18-22)19-23/h9-10,20H,2-8,11-19H2,1H3/b10-9+. The van der Waals surface area contributed by atoms with E-state index in [-0.39, 0.29) is 23.8 Å². The molecule has 0 radical (unpaired) electrons. The molecule has 0 saturated carbocycles. The van der Waals surface area contributed by atoms with E-state index in [0.29, 0.717) is 6.42 Å². The number of carbonyl (C=O) groups is 1. The summed E-state index contributed by atoms with van der Waals surface area (Å²) in [5.41, 5.74) is 0. The summed E-state index contributed by atoms with van der Waals surface area (Å²) in [6.45, 7) is 2.26. The molecule has 2 nitrogen and oxygen atoms in total. The van der Waals surface area contributed by atoms with Gasteiger partial charge in [0, 0.05) is 6.42 Å². The first-order valence-electron chi connectivity index (χ1n) is 10.2. The third-order valence-corrected chi connectivity index (χ3v) is 4.97. The molecule has 0 aliphatic carbocycles. The van der Waals surface area contributed by atoms with Crippen LogP contribution < -0.4 is 0 Å². The lowest BCUT2D eigenvalue weighted by Gasteiger charge is -2.11. The first kappa shape index (κ1) is 24.8. The van der Waals surface area contributed by atoms with Gasteiger partial charge in [0.1, 0.15) is 6.10 Å². The Labute approximate surface area is 165 Å². The summed E-state index contributed by atoms with van der Waals surface area (Å²) < 4.78 is 5.16. The Morgan fingerprint density at radius 2 is 1.28 bits per heavy atom. The van der Waals surface area contributed by atoms with Gasteiger partial charge in [-0.3, -0.25) is 4.79 Å². The van der Waals surface area contributed by atoms with Crippen molar-refractivity contribution in [3.05, 3.63) is 12.2 Å². The Bertz CT molecular complexity index is 315. The zero-order valence-electron chi connectivity index (χ0n) is 16.1. The van der Waals surface area contributed by atoms with E-state index in [4.69, 9.17) is 27.9 Å². The van der Waals surface area contributed by atoms with Crippen LogP contribution in [0.15, 0.2) is 12.2 Å². The summed E-state index contributed by atoms with van der Waals surface area (Å²) in [7, 11) is 0. The average Bonchev–Trinajstić information content (AvgIpc) is 2.62. The van der Waals surface area contributed by atoms with E-state index in [1.807, 2.05) is 0 Å². The molecular weight excluding hydrogens is 355 g/mol. The Kier molecular flexibility index (Phi) is 19.9. The normalized spacial score (nSPS) is 11.5. The summed E-state index contributed by atoms with van der Waals surface area (Å²) in [6, 6.07) is 0. The molecule has 0 amide bonds. The van der Waals surface area contributed by atoms with Crippen molar-refractivity contribution in [2.24, 2.45) is 0 Å². The smallest absolute Gasteiger partial charge is 0.306 e. The predicted molar refractivity (Wildman–Crippen MR) is 111 cm³/mol. The third-order valence-electron chi connectivity index (χ3n) is 4.29. The van der Waals surface area contributed by atoms with Crippen LogP contribution in [0.25, 0.3) is 0 Å². The lowest BCUT2D eigenvalue weighted by molar-refractivity contribution is -0.147. The van der Waals surface area contributed by atoms with Crippen LogP contribution in [0.5, 0.6) is 0 Å². The Hall–Kier alpha value is -0.210. The zero-order valence-corrected chi connectivity index (χ0v) is 17.6. The fourth-order valence-corrected chi connectivity index (χ4v) is 3.15. The van der Waals surface area contributed by atoms with Gasteiger partial charge in [0.05, 0.1) is 11.8 Å². The number of hydrogen-bond donors (Lipinski definition) is 0. The summed E-state index contributed by atoms with van der Waals surface area (Å²) >= 11 is 11.3. The molecule has 0 rings (SSSR count). The molecule has 25 heavy (non-hydrogen) atoms. The molecule has 0 saturated heterocycles. The molecule has 0 aliphatic heterocycles. The summed E-state index contributed by atoms with van der Waals surface area (Å²) in [5, 5.41) is 0. The minimum absolute atomic E-state index is 0.177. The molecule has 0 aromatic heterocycles. The van der Waals surface area contributed by atoms with Crippen LogP contribution in [0, 0.1) is 0 Å². The molecule has 0 unspecified atom stereocenters. The topological polar surface area (TPSA) is 26.3 Å². The van der Waals surface area contributed by atoms with E-state index in [1.165, 1.54) is 70.6 Å². The second-order valence-corrected chi connectivity index (χ2v) is 7.37. The molecular formula is C21H38Cl2O2. The van der Waals surface area contributed by atoms with E-state index in [9.17, 15) is 4.79 Å². The van der Waals surface area contributed by atoms with Crippen molar-refractivity contribution >= 4 is 29.2 Å². The number of allylic oxidation sites excluding steroid dienone is 2. The second kappa shape index (κ2) is 20.1. The second-order valence-electron chi connectivity index (χ2n) is 6.75. The number of carbonyl (C=O) groups excluding carboxylic acids is 1. The van der Waals surface area contributed by atoms with E-state index in [1.54, 1.807) is 0 Å². The van der Waals surface area contributed by atoms with Crippen LogP contribution in [-0.4, -0.2) is 23.8 Å². The van der Waals surface area contributed by atoms with E-state index >= 15 is 0 Å². The lowest BCUT2D eigenvalue weighted by Crippen LogP contribution is -2.21. The highest BCUT2D eigenvalue weighted by Gasteiger charge is 2.11. The van der Waals surface area contributed by atoms with Crippen LogP contribution in [0.3, 0.4) is 0 Å². The highest BCUT2D eigenvalue weighted by Crippen LogP contribution is 2.11. The Morgan fingerprint density at radius 1 is 0.800 bits per heavy atom.